The van der Waals surface area contributed by atoms with Crippen molar-refractivity contribution in [2.75, 3.05) is 0 Å². The monoisotopic (exact) mass is 268 g/mol. The molecule has 1 aliphatic carbocycles. The second-order valence-electron chi connectivity index (χ2n) is 5.94. The molecule has 2 heteroatoms. The van der Waals surface area contributed by atoms with E-state index in [9.17, 15) is 4.79 Å². The third-order valence-electron chi connectivity index (χ3n) is 4.53. The van der Waals surface area contributed by atoms with Crippen molar-refractivity contribution < 1.29 is 9.90 Å². The molecule has 3 rings (SSSR count). The molecule has 20 heavy (non-hydrogen) atoms. The fourth-order valence-corrected chi connectivity index (χ4v) is 3.31. The van der Waals surface area contributed by atoms with Gasteiger partial charge < -0.3 is 5.11 Å². The summed E-state index contributed by atoms with van der Waals surface area (Å²) >= 11 is 0. The third-order valence-corrected chi connectivity index (χ3v) is 4.53. The molecule has 2 aromatic rings. The van der Waals surface area contributed by atoms with Gasteiger partial charge in [0.1, 0.15) is 0 Å². The van der Waals surface area contributed by atoms with E-state index in [1.54, 1.807) is 0 Å². The van der Waals surface area contributed by atoms with Crippen molar-refractivity contribution in [1.82, 2.24) is 0 Å². The summed E-state index contributed by atoms with van der Waals surface area (Å²) in [4.78, 5) is 11.0. The molecule has 104 valence electrons. The van der Waals surface area contributed by atoms with Gasteiger partial charge in [0, 0.05) is 0 Å². The van der Waals surface area contributed by atoms with E-state index in [4.69, 9.17) is 5.11 Å². The van der Waals surface area contributed by atoms with Crippen LogP contribution in [0.1, 0.15) is 31.2 Å². The zero-order chi connectivity index (χ0) is 13.9. The minimum absolute atomic E-state index is 0.108. The SMILES string of the molecule is O=C(O)C1CCC(Cc2ccc3ccccc3c2)CC1. The molecule has 0 amide bonds. The Kier molecular flexibility index (Phi) is 3.72. The second kappa shape index (κ2) is 5.66. The first kappa shape index (κ1) is 13.2. The number of carboxylic acids is 1. The molecule has 0 spiro atoms. The first-order valence-electron chi connectivity index (χ1n) is 7.43. The van der Waals surface area contributed by atoms with Crippen LogP contribution >= 0.6 is 0 Å². The molecule has 0 bridgehead atoms. The standard InChI is InChI=1S/C18H20O2/c19-18(20)16-9-5-13(6-10-16)11-14-7-8-15-3-1-2-4-17(15)12-14/h1-4,7-8,12-13,16H,5-6,9-11H2,(H,19,20). The molecule has 0 atom stereocenters. The van der Waals surface area contributed by atoms with E-state index >= 15 is 0 Å². The number of carbonyl (C=O) groups is 1. The summed E-state index contributed by atoms with van der Waals surface area (Å²) < 4.78 is 0. The van der Waals surface area contributed by atoms with Crippen LogP contribution < -0.4 is 0 Å². The lowest BCUT2D eigenvalue weighted by atomic mass is 9.79. The Morgan fingerprint density at radius 1 is 1.00 bits per heavy atom. The van der Waals surface area contributed by atoms with Gasteiger partial charge in [-0.25, -0.2) is 0 Å². The normalized spacial score (nSPS) is 22.8. The van der Waals surface area contributed by atoms with Gasteiger partial charge in [-0.1, -0.05) is 42.5 Å². The van der Waals surface area contributed by atoms with E-state index in [0.29, 0.717) is 5.92 Å². The highest BCUT2D eigenvalue weighted by atomic mass is 16.4. The molecule has 0 aromatic heterocycles. The summed E-state index contributed by atoms with van der Waals surface area (Å²) in [5.41, 5.74) is 1.38. The summed E-state index contributed by atoms with van der Waals surface area (Å²) in [6, 6.07) is 15.1. The van der Waals surface area contributed by atoms with Gasteiger partial charge in [-0.15, -0.1) is 0 Å². The van der Waals surface area contributed by atoms with Crippen LogP contribution in [0.4, 0.5) is 0 Å². The molecule has 0 saturated heterocycles. The van der Waals surface area contributed by atoms with Gasteiger partial charge in [0.15, 0.2) is 0 Å². The average molecular weight is 268 g/mol. The highest BCUT2D eigenvalue weighted by Crippen LogP contribution is 2.31. The van der Waals surface area contributed by atoms with E-state index in [0.717, 1.165) is 32.1 Å². The van der Waals surface area contributed by atoms with Crippen LogP contribution in [0.15, 0.2) is 42.5 Å². The summed E-state index contributed by atoms with van der Waals surface area (Å²) in [6.45, 7) is 0. The lowest BCUT2D eigenvalue weighted by molar-refractivity contribution is -0.143. The van der Waals surface area contributed by atoms with Crippen LogP contribution in [0.3, 0.4) is 0 Å². The molecule has 2 nitrogen and oxygen atoms in total. The van der Waals surface area contributed by atoms with Gasteiger partial charge in [0.05, 0.1) is 5.92 Å². The van der Waals surface area contributed by atoms with Crippen molar-refractivity contribution in [1.29, 1.82) is 0 Å². The maximum absolute atomic E-state index is 11.0. The van der Waals surface area contributed by atoms with Gasteiger partial charge >= 0.3 is 5.97 Å². The minimum atomic E-state index is -0.617. The molecule has 1 aliphatic rings. The van der Waals surface area contributed by atoms with E-state index in [2.05, 4.69) is 42.5 Å². The molecule has 0 unspecified atom stereocenters. The second-order valence-corrected chi connectivity index (χ2v) is 5.94. The van der Waals surface area contributed by atoms with E-state index < -0.39 is 5.97 Å². The van der Waals surface area contributed by atoms with Gasteiger partial charge in [0.25, 0.3) is 0 Å². The lowest BCUT2D eigenvalue weighted by Gasteiger charge is -2.26. The van der Waals surface area contributed by atoms with Crippen LogP contribution in [0.5, 0.6) is 0 Å². The Balaban J connectivity index is 1.66. The number of hydrogen-bond donors (Lipinski definition) is 1. The van der Waals surface area contributed by atoms with Crippen LogP contribution in [-0.2, 0) is 11.2 Å². The molecular formula is C18H20O2. The number of aliphatic carboxylic acids is 1. The Morgan fingerprint density at radius 2 is 1.70 bits per heavy atom. The topological polar surface area (TPSA) is 37.3 Å². The zero-order valence-electron chi connectivity index (χ0n) is 11.6. The summed E-state index contributed by atoms with van der Waals surface area (Å²) in [6.07, 6.45) is 4.85. The van der Waals surface area contributed by atoms with Crippen LogP contribution in [0, 0.1) is 11.8 Å². The molecule has 1 fully saturated rings. The maximum atomic E-state index is 11.0. The smallest absolute Gasteiger partial charge is 0.306 e. The van der Waals surface area contributed by atoms with Crippen molar-refractivity contribution in [3.05, 3.63) is 48.0 Å². The summed E-state index contributed by atoms with van der Waals surface area (Å²) in [5.74, 6) is -0.0798. The van der Waals surface area contributed by atoms with E-state index in [1.807, 2.05) is 0 Å². The number of rotatable bonds is 3. The van der Waals surface area contributed by atoms with Crippen molar-refractivity contribution >= 4 is 16.7 Å². The predicted octanol–water partition coefficient (Wildman–Crippen LogP) is 4.27. The van der Waals surface area contributed by atoms with Crippen molar-refractivity contribution in [3.8, 4) is 0 Å². The van der Waals surface area contributed by atoms with Gasteiger partial charge in [-0.2, -0.15) is 0 Å². The zero-order valence-corrected chi connectivity index (χ0v) is 11.6. The number of fused-ring (bicyclic) bond motifs is 1. The molecule has 0 radical (unpaired) electrons. The summed E-state index contributed by atoms with van der Waals surface area (Å²) in [7, 11) is 0. The van der Waals surface area contributed by atoms with E-state index in [1.165, 1.54) is 16.3 Å². The molecular weight excluding hydrogens is 248 g/mol. The van der Waals surface area contributed by atoms with Gasteiger partial charge in [-0.3, -0.25) is 4.79 Å². The highest BCUT2D eigenvalue weighted by Gasteiger charge is 2.25. The Morgan fingerprint density at radius 3 is 2.40 bits per heavy atom. The molecule has 1 saturated carbocycles. The fourth-order valence-electron chi connectivity index (χ4n) is 3.31. The molecule has 2 aromatic carbocycles. The predicted molar refractivity (Wildman–Crippen MR) is 80.7 cm³/mol. The van der Waals surface area contributed by atoms with Crippen molar-refractivity contribution in [2.24, 2.45) is 11.8 Å². The first-order valence-corrected chi connectivity index (χ1v) is 7.43. The largest absolute Gasteiger partial charge is 0.481 e. The molecule has 1 N–H and O–H groups in total. The number of carboxylic acid groups (broad SMARTS) is 1. The quantitative estimate of drug-likeness (QED) is 0.902. The van der Waals surface area contributed by atoms with Gasteiger partial charge in [0.2, 0.25) is 0 Å². The van der Waals surface area contributed by atoms with Crippen molar-refractivity contribution in [2.45, 2.75) is 32.1 Å². The number of benzene rings is 2. The maximum Gasteiger partial charge on any atom is 0.306 e. The van der Waals surface area contributed by atoms with Crippen molar-refractivity contribution in [3.63, 3.8) is 0 Å². The average Bonchev–Trinajstić information content (AvgIpc) is 2.48. The van der Waals surface area contributed by atoms with Crippen LogP contribution in [0.2, 0.25) is 0 Å². The lowest BCUT2D eigenvalue weighted by Crippen LogP contribution is -2.22. The number of hydrogen-bond acceptors (Lipinski definition) is 1. The highest BCUT2D eigenvalue weighted by molar-refractivity contribution is 5.83. The molecule has 0 heterocycles. The third kappa shape index (κ3) is 2.84. The Labute approximate surface area is 119 Å². The van der Waals surface area contributed by atoms with E-state index in [-0.39, 0.29) is 5.92 Å². The summed E-state index contributed by atoms with van der Waals surface area (Å²) in [5, 5.41) is 11.6. The molecule has 0 aliphatic heterocycles. The minimum Gasteiger partial charge on any atom is -0.481 e. The fraction of sp³-hybridized carbons (Fsp3) is 0.389. The first-order chi connectivity index (χ1) is 9.72. The van der Waals surface area contributed by atoms with Gasteiger partial charge in [-0.05, 0) is 54.4 Å². The Hall–Kier alpha value is -1.83. The van der Waals surface area contributed by atoms with Crippen LogP contribution in [-0.4, -0.2) is 11.1 Å². The van der Waals surface area contributed by atoms with Crippen LogP contribution in [0.25, 0.3) is 10.8 Å². The Bertz CT molecular complexity index is 610.